The van der Waals surface area contributed by atoms with Crippen LogP contribution in [0.4, 0.5) is 5.69 Å². The maximum Gasteiger partial charge on any atom is 0.241 e. The van der Waals surface area contributed by atoms with E-state index in [1.54, 1.807) is 6.07 Å². The number of sulfonamides is 1. The van der Waals surface area contributed by atoms with Gasteiger partial charge in [0.25, 0.3) is 0 Å². The molecule has 84 valence electrons. The Bertz CT molecular complexity index is 429. The van der Waals surface area contributed by atoms with Crippen LogP contribution in [0, 0.1) is 5.92 Å². The van der Waals surface area contributed by atoms with E-state index in [2.05, 4.69) is 10.3 Å². The third-order valence-electron chi connectivity index (χ3n) is 1.79. The largest absolute Gasteiger partial charge is 0.384 e. The summed E-state index contributed by atoms with van der Waals surface area (Å²) < 4.78 is 22.4. The second-order valence-corrected chi connectivity index (χ2v) is 5.22. The van der Waals surface area contributed by atoms with Crippen LogP contribution in [0.3, 0.4) is 0 Å². The van der Waals surface area contributed by atoms with Crippen molar-refractivity contribution in [2.75, 3.05) is 11.9 Å². The van der Waals surface area contributed by atoms with Crippen LogP contribution in [0.25, 0.3) is 0 Å². The van der Waals surface area contributed by atoms with Gasteiger partial charge in [-0.2, -0.15) is 0 Å². The Kier molecular flexibility index (Phi) is 3.65. The lowest BCUT2D eigenvalue weighted by Crippen LogP contribution is -2.17. The summed E-state index contributed by atoms with van der Waals surface area (Å²) in [6, 6.07) is 1.60. The highest BCUT2D eigenvalue weighted by Gasteiger charge is 2.13. The van der Waals surface area contributed by atoms with E-state index in [0.717, 1.165) is 0 Å². The lowest BCUT2D eigenvalue weighted by Gasteiger charge is -2.11. The van der Waals surface area contributed by atoms with E-state index in [-0.39, 0.29) is 4.90 Å². The first-order valence-electron chi connectivity index (χ1n) is 4.62. The van der Waals surface area contributed by atoms with Crippen molar-refractivity contribution in [3.05, 3.63) is 18.5 Å². The number of primary sulfonamides is 1. The number of hydrogen-bond acceptors (Lipinski definition) is 4. The van der Waals surface area contributed by atoms with E-state index in [0.29, 0.717) is 18.2 Å². The Morgan fingerprint density at radius 2 is 2.20 bits per heavy atom. The van der Waals surface area contributed by atoms with Gasteiger partial charge in [0.2, 0.25) is 10.0 Å². The molecule has 1 aromatic heterocycles. The minimum atomic E-state index is -3.71. The molecule has 0 bridgehead atoms. The van der Waals surface area contributed by atoms with Crippen molar-refractivity contribution in [2.24, 2.45) is 11.1 Å². The van der Waals surface area contributed by atoms with Crippen molar-refractivity contribution in [2.45, 2.75) is 18.7 Å². The van der Waals surface area contributed by atoms with Crippen LogP contribution < -0.4 is 10.5 Å². The number of pyridine rings is 1. The molecular weight excluding hydrogens is 214 g/mol. The van der Waals surface area contributed by atoms with Crippen molar-refractivity contribution in [3.8, 4) is 0 Å². The molecule has 0 saturated heterocycles. The van der Waals surface area contributed by atoms with Gasteiger partial charge in [-0.05, 0) is 12.0 Å². The molecule has 0 aliphatic heterocycles. The molecule has 0 atom stereocenters. The molecule has 0 unspecified atom stereocenters. The summed E-state index contributed by atoms with van der Waals surface area (Å²) >= 11 is 0. The van der Waals surface area contributed by atoms with Gasteiger partial charge in [-0.3, -0.25) is 4.98 Å². The summed E-state index contributed by atoms with van der Waals surface area (Å²) in [5.74, 6) is 0.423. The predicted octanol–water partition coefficient (Wildman–Crippen LogP) is 0.797. The van der Waals surface area contributed by atoms with E-state index < -0.39 is 10.0 Å². The van der Waals surface area contributed by atoms with Gasteiger partial charge in [0.05, 0.1) is 5.69 Å². The molecule has 6 heteroatoms. The van der Waals surface area contributed by atoms with Gasteiger partial charge >= 0.3 is 0 Å². The third kappa shape index (κ3) is 3.49. The average molecular weight is 229 g/mol. The highest BCUT2D eigenvalue weighted by molar-refractivity contribution is 7.89. The second-order valence-electron chi connectivity index (χ2n) is 3.69. The number of nitrogens with zero attached hydrogens (tertiary/aromatic N) is 1. The van der Waals surface area contributed by atoms with Crippen LogP contribution in [-0.4, -0.2) is 19.9 Å². The van der Waals surface area contributed by atoms with Gasteiger partial charge in [0.1, 0.15) is 4.90 Å². The zero-order valence-corrected chi connectivity index (χ0v) is 9.58. The van der Waals surface area contributed by atoms with Crippen LogP contribution in [0.5, 0.6) is 0 Å². The van der Waals surface area contributed by atoms with E-state index in [1.165, 1.54) is 12.4 Å². The molecule has 0 radical (unpaired) electrons. The van der Waals surface area contributed by atoms with Gasteiger partial charge in [-0.25, -0.2) is 13.6 Å². The molecule has 0 aliphatic carbocycles. The molecule has 3 N–H and O–H groups in total. The smallest absolute Gasteiger partial charge is 0.241 e. The minimum absolute atomic E-state index is 0.0330. The number of rotatable bonds is 4. The lowest BCUT2D eigenvalue weighted by molar-refractivity contribution is 0.597. The standard InChI is InChI=1S/C9H15N3O2S/c1-7(2)5-12-8-3-4-11-6-9(8)15(10,13)14/h3-4,6-7H,5H2,1-2H3,(H,11,12)(H2,10,13,14). The van der Waals surface area contributed by atoms with E-state index >= 15 is 0 Å². The Labute approximate surface area is 89.8 Å². The molecule has 0 spiro atoms. The van der Waals surface area contributed by atoms with Crippen LogP contribution in [0.1, 0.15) is 13.8 Å². The number of aromatic nitrogens is 1. The van der Waals surface area contributed by atoms with Crippen LogP contribution in [-0.2, 0) is 10.0 Å². The number of hydrogen-bond donors (Lipinski definition) is 2. The molecule has 1 rings (SSSR count). The molecule has 15 heavy (non-hydrogen) atoms. The molecule has 0 amide bonds. The summed E-state index contributed by atoms with van der Waals surface area (Å²) in [6.45, 7) is 4.75. The zero-order valence-electron chi connectivity index (χ0n) is 8.77. The van der Waals surface area contributed by atoms with Crippen molar-refractivity contribution in [1.82, 2.24) is 4.98 Å². The molecule has 0 fully saturated rings. The van der Waals surface area contributed by atoms with Crippen molar-refractivity contribution < 1.29 is 8.42 Å². The van der Waals surface area contributed by atoms with Crippen LogP contribution >= 0.6 is 0 Å². The molecule has 0 aromatic carbocycles. The number of nitrogens with one attached hydrogen (secondary N) is 1. The summed E-state index contributed by atoms with van der Waals surface area (Å²) in [4.78, 5) is 3.77. The summed E-state index contributed by atoms with van der Waals surface area (Å²) in [5, 5.41) is 8.08. The Hall–Kier alpha value is -1.14. The monoisotopic (exact) mass is 229 g/mol. The number of anilines is 1. The fourth-order valence-corrected chi connectivity index (χ4v) is 1.72. The van der Waals surface area contributed by atoms with Crippen molar-refractivity contribution >= 4 is 15.7 Å². The lowest BCUT2D eigenvalue weighted by atomic mass is 10.2. The van der Waals surface area contributed by atoms with Crippen molar-refractivity contribution in [1.29, 1.82) is 0 Å². The minimum Gasteiger partial charge on any atom is -0.384 e. The summed E-state index contributed by atoms with van der Waals surface area (Å²) in [7, 11) is -3.71. The van der Waals surface area contributed by atoms with Crippen LogP contribution in [0.15, 0.2) is 23.4 Å². The first-order chi connectivity index (χ1) is 6.91. The molecule has 5 nitrogen and oxygen atoms in total. The van der Waals surface area contributed by atoms with Gasteiger partial charge in [-0.15, -0.1) is 0 Å². The Morgan fingerprint density at radius 3 is 2.73 bits per heavy atom. The molecular formula is C9H15N3O2S. The van der Waals surface area contributed by atoms with Gasteiger partial charge in [0.15, 0.2) is 0 Å². The van der Waals surface area contributed by atoms with E-state index in [9.17, 15) is 8.42 Å². The molecule has 1 heterocycles. The zero-order chi connectivity index (χ0) is 11.5. The second kappa shape index (κ2) is 4.59. The van der Waals surface area contributed by atoms with Gasteiger partial charge in [0, 0.05) is 18.9 Å². The molecule has 1 aromatic rings. The van der Waals surface area contributed by atoms with Gasteiger partial charge in [-0.1, -0.05) is 13.8 Å². The average Bonchev–Trinajstić information content (AvgIpc) is 2.13. The maximum atomic E-state index is 11.2. The number of nitrogens with two attached hydrogens (primary N) is 1. The Balaban J connectivity index is 2.98. The summed E-state index contributed by atoms with van der Waals surface area (Å²) in [5.41, 5.74) is 0.501. The van der Waals surface area contributed by atoms with Gasteiger partial charge < -0.3 is 5.32 Å². The highest BCUT2D eigenvalue weighted by atomic mass is 32.2. The first-order valence-corrected chi connectivity index (χ1v) is 6.16. The highest BCUT2D eigenvalue weighted by Crippen LogP contribution is 2.17. The Morgan fingerprint density at radius 1 is 1.53 bits per heavy atom. The van der Waals surface area contributed by atoms with Crippen LogP contribution in [0.2, 0.25) is 0 Å². The van der Waals surface area contributed by atoms with E-state index in [4.69, 9.17) is 5.14 Å². The maximum absolute atomic E-state index is 11.2. The van der Waals surface area contributed by atoms with Crippen molar-refractivity contribution in [3.63, 3.8) is 0 Å². The predicted molar refractivity (Wildman–Crippen MR) is 58.9 cm³/mol. The van der Waals surface area contributed by atoms with E-state index in [1.807, 2.05) is 13.8 Å². The normalized spacial score (nSPS) is 11.7. The fourth-order valence-electron chi connectivity index (χ4n) is 1.07. The summed E-state index contributed by atoms with van der Waals surface area (Å²) in [6.07, 6.45) is 2.77. The quantitative estimate of drug-likeness (QED) is 0.799. The molecule has 0 aliphatic rings. The SMILES string of the molecule is CC(C)CNc1ccncc1S(N)(=O)=O. The topological polar surface area (TPSA) is 85.1 Å². The molecule has 0 saturated carbocycles. The fraction of sp³-hybridized carbons (Fsp3) is 0.444. The first kappa shape index (κ1) is 11.9. The third-order valence-corrected chi connectivity index (χ3v) is 2.73.